The van der Waals surface area contributed by atoms with Crippen LogP contribution in [0.4, 0.5) is 0 Å². The monoisotopic (exact) mass is 325 g/mol. The Morgan fingerprint density at radius 2 is 2.33 bits per heavy atom. The van der Waals surface area contributed by atoms with Gasteiger partial charge in [0.15, 0.2) is 0 Å². The summed E-state index contributed by atoms with van der Waals surface area (Å²) in [5, 5.41) is 13.2. The lowest BCUT2D eigenvalue weighted by atomic mass is 9.98. The number of rotatable bonds is 1. The molecule has 1 aromatic carbocycles. The van der Waals surface area contributed by atoms with Crippen LogP contribution in [0, 0.1) is 6.92 Å². The molecule has 0 fully saturated rings. The summed E-state index contributed by atoms with van der Waals surface area (Å²) >= 11 is 5.02. The van der Waals surface area contributed by atoms with E-state index in [0.717, 1.165) is 26.5 Å². The first kappa shape index (κ1) is 12.1. The second-order valence-corrected chi connectivity index (χ2v) is 6.31. The summed E-state index contributed by atoms with van der Waals surface area (Å²) in [4.78, 5) is 4.43. The minimum Gasteiger partial charge on any atom is -0.484 e. The van der Waals surface area contributed by atoms with Crippen molar-refractivity contribution in [3.05, 3.63) is 44.3 Å². The third-order valence-corrected chi connectivity index (χ3v) is 4.29. The van der Waals surface area contributed by atoms with Crippen molar-refractivity contribution < 1.29 is 9.84 Å². The van der Waals surface area contributed by atoms with Gasteiger partial charge in [0, 0.05) is 21.8 Å². The van der Waals surface area contributed by atoms with Gasteiger partial charge in [0.25, 0.3) is 0 Å². The fourth-order valence-corrected chi connectivity index (χ4v) is 3.12. The Balaban J connectivity index is 1.95. The molecule has 0 amide bonds. The summed E-state index contributed by atoms with van der Waals surface area (Å²) in [6.45, 7) is 1.97. The van der Waals surface area contributed by atoms with E-state index in [4.69, 9.17) is 4.74 Å². The van der Waals surface area contributed by atoms with E-state index < -0.39 is 6.10 Å². The highest BCUT2D eigenvalue weighted by Crippen LogP contribution is 2.41. The van der Waals surface area contributed by atoms with Gasteiger partial charge in [-0.15, -0.1) is 11.3 Å². The van der Waals surface area contributed by atoms with Crippen molar-refractivity contribution in [1.29, 1.82) is 0 Å². The number of aliphatic hydroxyl groups is 1. The molecule has 94 valence electrons. The van der Waals surface area contributed by atoms with E-state index in [2.05, 4.69) is 20.9 Å². The van der Waals surface area contributed by atoms with Crippen LogP contribution in [0.5, 0.6) is 5.75 Å². The van der Waals surface area contributed by atoms with Gasteiger partial charge in [-0.3, -0.25) is 0 Å². The second-order valence-electron chi connectivity index (χ2n) is 4.33. The van der Waals surface area contributed by atoms with Crippen molar-refractivity contribution in [3.8, 4) is 5.75 Å². The van der Waals surface area contributed by atoms with E-state index in [1.807, 2.05) is 30.5 Å². The van der Waals surface area contributed by atoms with Crippen LogP contribution < -0.4 is 4.74 Å². The molecule has 2 heterocycles. The minimum absolute atomic E-state index is 0.160. The van der Waals surface area contributed by atoms with Gasteiger partial charge in [0.2, 0.25) is 0 Å². The number of benzene rings is 1. The lowest BCUT2D eigenvalue weighted by molar-refractivity contribution is 0.0638. The Hall–Kier alpha value is -0.910. The standard InChI is InChI=1S/C13H12BrNO2S/c1-7-15-10(6-18-7)13-5-11(16)9-3-2-8(14)4-12(9)17-13/h2-4,6,11,13,16H,5H2,1H3. The van der Waals surface area contributed by atoms with Gasteiger partial charge in [-0.05, 0) is 19.1 Å². The second kappa shape index (κ2) is 4.64. The van der Waals surface area contributed by atoms with Crippen LogP contribution in [0.15, 0.2) is 28.1 Å². The highest BCUT2D eigenvalue weighted by Gasteiger charge is 2.29. The van der Waals surface area contributed by atoms with E-state index in [1.54, 1.807) is 11.3 Å². The zero-order chi connectivity index (χ0) is 12.7. The van der Waals surface area contributed by atoms with Gasteiger partial charge in [-0.25, -0.2) is 4.98 Å². The van der Waals surface area contributed by atoms with Crippen LogP contribution in [-0.2, 0) is 0 Å². The van der Waals surface area contributed by atoms with Crippen molar-refractivity contribution >= 4 is 27.3 Å². The Morgan fingerprint density at radius 1 is 1.50 bits per heavy atom. The Kier molecular flexibility index (Phi) is 3.13. The summed E-state index contributed by atoms with van der Waals surface area (Å²) in [6.07, 6.45) is -0.0988. The van der Waals surface area contributed by atoms with Crippen LogP contribution in [-0.4, -0.2) is 10.1 Å². The fourth-order valence-electron chi connectivity index (χ4n) is 2.13. The van der Waals surface area contributed by atoms with Crippen molar-refractivity contribution in [3.63, 3.8) is 0 Å². The molecular formula is C13H12BrNO2S. The molecule has 18 heavy (non-hydrogen) atoms. The largest absolute Gasteiger partial charge is 0.484 e. The Morgan fingerprint density at radius 3 is 3.06 bits per heavy atom. The predicted octanol–water partition coefficient (Wildman–Crippen LogP) is 3.77. The van der Waals surface area contributed by atoms with Crippen LogP contribution >= 0.6 is 27.3 Å². The Bertz CT molecular complexity index is 584. The number of thiazole rings is 1. The molecule has 2 unspecified atom stereocenters. The highest BCUT2D eigenvalue weighted by molar-refractivity contribution is 9.10. The van der Waals surface area contributed by atoms with Crippen LogP contribution in [0.25, 0.3) is 0 Å². The first-order valence-corrected chi connectivity index (χ1v) is 7.37. The number of hydrogen-bond donors (Lipinski definition) is 1. The van der Waals surface area contributed by atoms with E-state index in [-0.39, 0.29) is 6.10 Å². The number of ether oxygens (including phenoxy) is 1. The molecule has 2 aromatic rings. The number of aromatic nitrogens is 1. The van der Waals surface area contributed by atoms with Gasteiger partial charge in [-0.1, -0.05) is 22.0 Å². The lowest BCUT2D eigenvalue weighted by Crippen LogP contribution is -2.19. The summed E-state index contributed by atoms with van der Waals surface area (Å²) < 4.78 is 6.88. The number of halogens is 1. The molecule has 2 atom stereocenters. The van der Waals surface area contributed by atoms with Crippen molar-refractivity contribution in [2.24, 2.45) is 0 Å². The molecule has 0 radical (unpaired) electrons. The molecule has 0 saturated heterocycles. The third-order valence-electron chi connectivity index (χ3n) is 3.01. The minimum atomic E-state index is -0.492. The zero-order valence-electron chi connectivity index (χ0n) is 9.76. The molecule has 5 heteroatoms. The summed E-state index contributed by atoms with van der Waals surface area (Å²) in [6, 6.07) is 5.70. The molecule has 1 aromatic heterocycles. The average molecular weight is 326 g/mol. The first-order valence-electron chi connectivity index (χ1n) is 5.69. The maximum Gasteiger partial charge on any atom is 0.144 e. The van der Waals surface area contributed by atoms with Gasteiger partial charge >= 0.3 is 0 Å². The number of aliphatic hydroxyl groups excluding tert-OH is 1. The summed E-state index contributed by atoms with van der Waals surface area (Å²) in [7, 11) is 0. The molecule has 3 rings (SSSR count). The van der Waals surface area contributed by atoms with Crippen LogP contribution in [0.1, 0.15) is 34.9 Å². The average Bonchev–Trinajstić information content (AvgIpc) is 2.75. The van der Waals surface area contributed by atoms with Gasteiger partial charge < -0.3 is 9.84 Å². The molecule has 0 spiro atoms. The molecule has 3 nitrogen and oxygen atoms in total. The maximum absolute atomic E-state index is 10.2. The zero-order valence-corrected chi connectivity index (χ0v) is 12.2. The molecule has 1 aliphatic heterocycles. The Labute approximate surface area is 118 Å². The quantitative estimate of drug-likeness (QED) is 0.867. The predicted molar refractivity (Wildman–Crippen MR) is 73.9 cm³/mol. The topological polar surface area (TPSA) is 42.4 Å². The lowest BCUT2D eigenvalue weighted by Gasteiger charge is -2.28. The number of fused-ring (bicyclic) bond motifs is 1. The highest BCUT2D eigenvalue weighted by atomic mass is 79.9. The normalized spacial score (nSPS) is 22.4. The maximum atomic E-state index is 10.2. The fraction of sp³-hybridized carbons (Fsp3) is 0.308. The van der Waals surface area contributed by atoms with Crippen LogP contribution in [0.2, 0.25) is 0 Å². The first-order chi connectivity index (χ1) is 8.63. The van der Waals surface area contributed by atoms with Crippen LogP contribution in [0.3, 0.4) is 0 Å². The van der Waals surface area contributed by atoms with Gasteiger partial charge in [0.05, 0.1) is 16.8 Å². The van der Waals surface area contributed by atoms with Gasteiger partial charge in [0.1, 0.15) is 11.9 Å². The van der Waals surface area contributed by atoms with Gasteiger partial charge in [-0.2, -0.15) is 0 Å². The summed E-state index contributed by atoms with van der Waals surface area (Å²) in [5.41, 5.74) is 1.75. The van der Waals surface area contributed by atoms with Crippen molar-refractivity contribution in [2.75, 3.05) is 0 Å². The molecule has 1 N–H and O–H groups in total. The molecule has 0 saturated carbocycles. The number of aryl methyl sites for hydroxylation is 1. The van der Waals surface area contributed by atoms with E-state index >= 15 is 0 Å². The van der Waals surface area contributed by atoms with E-state index in [0.29, 0.717) is 6.42 Å². The van der Waals surface area contributed by atoms with Crippen molar-refractivity contribution in [1.82, 2.24) is 4.98 Å². The molecule has 0 bridgehead atoms. The number of hydrogen-bond acceptors (Lipinski definition) is 4. The molecule has 1 aliphatic rings. The number of nitrogens with zero attached hydrogens (tertiary/aromatic N) is 1. The molecular weight excluding hydrogens is 314 g/mol. The third kappa shape index (κ3) is 2.18. The van der Waals surface area contributed by atoms with E-state index in [9.17, 15) is 5.11 Å². The smallest absolute Gasteiger partial charge is 0.144 e. The van der Waals surface area contributed by atoms with Crippen molar-refractivity contribution in [2.45, 2.75) is 25.6 Å². The SMILES string of the molecule is Cc1nc(C2CC(O)c3ccc(Br)cc3O2)cs1. The molecule has 0 aliphatic carbocycles. The van der Waals surface area contributed by atoms with E-state index in [1.165, 1.54) is 0 Å². The summed E-state index contributed by atoms with van der Waals surface area (Å²) in [5.74, 6) is 0.735.